The van der Waals surface area contributed by atoms with Crippen molar-refractivity contribution in [1.82, 2.24) is 0 Å². The number of phosphoric acid groups is 3. The second kappa shape index (κ2) is 26.5. The molecule has 6 N–H and O–H groups in total. The van der Waals surface area contributed by atoms with Crippen LogP contribution < -0.4 is 0 Å². The van der Waals surface area contributed by atoms with Gasteiger partial charge in [0.1, 0.15) is 36.6 Å². The van der Waals surface area contributed by atoms with Crippen LogP contribution in [0, 0.1) is 0 Å². The van der Waals surface area contributed by atoms with E-state index in [0.29, 0.717) is 38.5 Å². The smallest absolute Gasteiger partial charge is 0.473 e. The van der Waals surface area contributed by atoms with Crippen LogP contribution in [0.1, 0.15) is 97.8 Å². The standard InChI is InChI=1S/C30H57O21P3/c1-4-7-10-13-16-43-25-26(44-17-14-11-8-5-2)28(49-52(37,38)46-19-22(31)32)30(51-54(41,42)48-21-24(35)36)29(27(25)45-18-15-12-9-6-3)50-53(39,40)47-20-23(33)34/h25-30H,4-21H2,1-3H3,(H,31,32)(H,33,34)(H,35,36)(H,37,38)(H,39,40)(H,41,42)/t25-,26-,27+,28-,29-,30-/m0/s1. The fourth-order valence-corrected chi connectivity index (χ4v) is 7.90. The molecule has 0 aromatic carbocycles. The average molecular weight is 847 g/mol. The van der Waals surface area contributed by atoms with Gasteiger partial charge in [0.05, 0.1) is 0 Å². The van der Waals surface area contributed by atoms with Crippen molar-refractivity contribution in [2.75, 3.05) is 39.6 Å². The van der Waals surface area contributed by atoms with Gasteiger partial charge in [-0.3, -0.25) is 27.1 Å². The first-order valence-electron chi connectivity index (χ1n) is 17.9. The summed E-state index contributed by atoms with van der Waals surface area (Å²) in [6.45, 7) is 1.67. The molecule has 0 heterocycles. The molecule has 1 aliphatic rings. The molecule has 3 unspecified atom stereocenters. The molecular weight excluding hydrogens is 789 g/mol. The van der Waals surface area contributed by atoms with Gasteiger partial charge >= 0.3 is 41.4 Å². The van der Waals surface area contributed by atoms with Crippen molar-refractivity contribution in [1.29, 1.82) is 0 Å². The van der Waals surface area contributed by atoms with E-state index in [0.717, 1.165) is 38.5 Å². The van der Waals surface area contributed by atoms with Crippen LogP contribution in [-0.4, -0.2) is 124 Å². The van der Waals surface area contributed by atoms with E-state index in [1.807, 2.05) is 20.8 Å². The highest BCUT2D eigenvalue weighted by Crippen LogP contribution is 2.55. The molecule has 1 rings (SSSR count). The van der Waals surface area contributed by atoms with Crippen molar-refractivity contribution < 1.29 is 99.4 Å². The summed E-state index contributed by atoms with van der Waals surface area (Å²) in [7, 11) is -16.6. The Morgan fingerprint density at radius 1 is 0.426 bits per heavy atom. The maximum Gasteiger partial charge on any atom is 0.473 e. The van der Waals surface area contributed by atoms with Gasteiger partial charge in [-0.2, -0.15) is 0 Å². The van der Waals surface area contributed by atoms with E-state index in [1.165, 1.54) is 0 Å². The van der Waals surface area contributed by atoms with Gasteiger partial charge in [0.25, 0.3) is 0 Å². The molecule has 54 heavy (non-hydrogen) atoms. The first kappa shape index (κ1) is 50.6. The van der Waals surface area contributed by atoms with Crippen LogP contribution in [0.15, 0.2) is 0 Å². The lowest BCUT2D eigenvalue weighted by Crippen LogP contribution is -2.67. The van der Waals surface area contributed by atoms with Crippen molar-refractivity contribution >= 4 is 41.4 Å². The van der Waals surface area contributed by atoms with E-state index in [4.69, 9.17) is 43.1 Å². The first-order chi connectivity index (χ1) is 25.4. The van der Waals surface area contributed by atoms with Gasteiger partial charge < -0.3 is 44.2 Å². The third-order valence-electron chi connectivity index (χ3n) is 7.69. The van der Waals surface area contributed by atoms with E-state index in [9.17, 15) is 42.8 Å². The summed E-state index contributed by atoms with van der Waals surface area (Å²) in [6, 6.07) is 0. The van der Waals surface area contributed by atoms with Gasteiger partial charge in [-0.15, -0.1) is 0 Å². The molecule has 1 saturated carbocycles. The highest BCUT2D eigenvalue weighted by atomic mass is 31.2. The topological polar surface area (TPSA) is 307 Å². The number of carbonyl (C=O) groups is 3. The highest BCUT2D eigenvalue weighted by molar-refractivity contribution is 7.48. The van der Waals surface area contributed by atoms with Crippen molar-refractivity contribution in [3.05, 3.63) is 0 Å². The summed E-state index contributed by atoms with van der Waals surface area (Å²) in [5, 5.41) is 27.3. The fraction of sp³-hybridized carbons (Fsp3) is 0.900. The van der Waals surface area contributed by atoms with Crippen LogP contribution in [0.3, 0.4) is 0 Å². The Labute approximate surface area is 314 Å². The second-order valence-corrected chi connectivity index (χ2v) is 16.5. The zero-order valence-corrected chi connectivity index (χ0v) is 33.5. The van der Waals surface area contributed by atoms with E-state index in [2.05, 4.69) is 13.6 Å². The minimum Gasteiger partial charge on any atom is -0.480 e. The monoisotopic (exact) mass is 846 g/mol. The third kappa shape index (κ3) is 21.2. The van der Waals surface area contributed by atoms with Gasteiger partial charge in [0, 0.05) is 19.8 Å². The number of ether oxygens (including phenoxy) is 3. The van der Waals surface area contributed by atoms with E-state index in [1.54, 1.807) is 0 Å². The van der Waals surface area contributed by atoms with Crippen LogP contribution in [-0.2, 0) is 69.4 Å². The molecule has 1 fully saturated rings. The van der Waals surface area contributed by atoms with Gasteiger partial charge in [0.15, 0.2) is 19.8 Å². The van der Waals surface area contributed by atoms with Crippen molar-refractivity contribution in [2.24, 2.45) is 0 Å². The lowest BCUT2D eigenvalue weighted by molar-refractivity contribution is -0.249. The van der Waals surface area contributed by atoms with Gasteiger partial charge in [-0.25, -0.2) is 28.1 Å². The van der Waals surface area contributed by atoms with E-state index < -0.39 is 97.8 Å². The predicted octanol–water partition coefficient (Wildman–Crippen LogP) is 4.66. The lowest BCUT2D eigenvalue weighted by Gasteiger charge is -2.49. The summed E-state index contributed by atoms with van der Waals surface area (Å²) in [5.41, 5.74) is 0. The summed E-state index contributed by atoms with van der Waals surface area (Å²) < 4.78 is 88.0. The molecule has 0 amide bonds. The second-order valence-electron chi connectivity index (χ2n) is 12.3. The van der Waals surface area contributed by atoms with Crippen molar-refractivity contribution in [3.63, 3.8) is 0 Å². The maximum atomic E-state index is 13.2. The van der Waals surface area contributed by atoms with Crippen LogP contribution >= 0.6 is 23.5 Å². The molecule has 0 bridgehead atoms. The summed E-state index contributed by atoms with van der Waals surface area (Å²) in [5.74, 6) is -5.07. The molecule has 9 atom stereocenters. The number of unbranched alkanes of at least 4 members (excludes halogenated alkanes) is 9. The van der Waals surface area contributed by atoms with Crippen molar-refractivity contribution in [3.8, 4) is 0 Å². The maximum absolute atomic E-state index is 13.2. The van der Waals surface area contributed by atoms with Gasteiger partial charge in [-0.05, 0) is 19.3 Å². The molecule has 0 spiro atoms. The molecule has 0 aromatic rings. The molecular formula is C30H57O21P3. The number of rotatable bonds is 33. The largest absolute Gasteiger partial charge is 0.480 e. The average Bonchev–Trinajstić information content (AvgIpc) is 3.08. The molecule has 0 aromatic heterocycles. The Morgan fingerprint density at radius 3 is 0.907 bits per heavy atom. The number of hydrogen-bond acceptors (Lipinski definition) is 15. The van der Waals surface area contributed by atoms with Crippen LogP contribution in [0.4, 0.5) is 0 Å². The van der Waals surface area contributed by atoms with Crippen molar-refractivity contribution in [2.45, 2.75) is 134 Å². The number of carboxylic acids is 3. The minimum absolute atomic E-state index is 0.000163. The normalized spacial score (nSPS) is 25.0. The Morgan fingerprint density at radius 2 is 0.667 bits per heavy atom. The number of carboxylic acid groups (broad SMARTS) is 3. The van der Waals surface area contributed by atoms with Crippen LogP contribution in [0.2, 0.25) is 0 Å². The van der Waals surface area contributed by atoms with Crippen LogP contribution in [0.5, 0.6) is 0 Å². The molecule has 21 nitrogen and oxygen atoms in total. The third-order valence-corrected chi connectivity index (χ3v) is 10.6. The molecule has 0 aliphatic heterocycles. The Balaban J connectivity index is 4.02. The molecule has 0 radical (unpaired) electrons. The molecule has 318 valence electrons. The number of hydrogen-bond donors (Lipinski definition) is 6. The van der Waals surface area contributed by atoms with Gasteiger partial charge in [-0.1, -0.05) is 78.6 Å². The molecule has 24 heteroatoms. The van der Waals surface area contributed by atoms with Crippen LogP contribution in [0.25, 0.3) is 0 Å². The number of aliphatic carboxylic acids is 3. The zero-order chi connectivity index (χ0) is 40.8. The fourth-order valence-electron chi connectivity index (χ4n) is 5.26. The zero-order valence-electron chi connectivity index (χ0n) is 30.8. The Kier molecular flexibility index (Phi) is 24.9. The van der Waals surface area contributed by atoms with E-state index in [-0.39, 0.29) is 19.8 Å². The summed E-state index contributed by atoms with van der Waals surface area (Å²) in [6.07, 6.45) is -2.99. The minimum atomic E-state index is -5.58. The number of phosphoric ester groups is 3. The summed E-state index contributed by atoms with van der Waals surface area (Å²) in [4.78, 5) is 65.6. The summed E-state index contributed by atoms with van der Waals surface area (Å²) >= 11 is 0. The highest BCUT2D eigenvalue weighted by Gasteiger charge is 2.60. The lowest BCUT2D eigenvalue weighted by atomic mass is 9.84. The molecule has 1 aliphatic carbocycles. The molecule has 0 saturated heterocycles. The van der Waals surface area contributed by atoms with Gasteiger partial charge in [0.2, 0.25) is 0 Å². The quantitative estimate of drug-likeness (QED) is 0.0386. The predicted molar refractivity (Wildman–Crippen MR) is 187 cm³/mol. The Bertz CT molecular complexity index is 1190. The Hall–Kier alpha value is -1.38. The first-order valence-corrected chi connectivity index (χ1v) is 22.3. The van der Waals surface area contributed by atoms with E-state index >= 15 is 0 Å². The SMILES string of the molecule is CCCCCCO[C@@H]1[C@@H](OCCCCCC)[C@H](OP(=O)(O)OCC(=O)O)[C@@H](OP(=O)(O)OCC(=O)O)[C@@H](OP(=O)(O)OCC(=O)O)[C@H]1OCCCCCC.